The molecule has 0 aromatic heterocycles. The van der Waals surface area contributed by atoms with Crippen LogP contribution in [0.1, 0.15) is 39.5 Å². The first-order valence-corrected chi connectivity index (χ1v) is 6.14. The molecule has 1 heterocycles. The van der Waals surface area contributed by atoms with Gasteiger partial charge in [-0.2, -0.15) is 0 Å². The molecule has 0 spiro atoms. The van der Waals surface area contributed by atoms with Gasteiger partial charge in [0.1, 0.15) is 0 Å². The van der Waals surface area contributed by atoms with Crippen LogP contribution < -0.4 is 0 Å². The van der Waals surface area contributed by atoms with Gasteiger partial charge in [0.2, 0.25) is 0 Å². The molecule has 16 heavy (non-hydrogen) atoms. The average molecular weight is 229 g/mol. The van der Waals surface area contributed by atoms with Gasteiger partial charge in [0.15, 0.2) is 0 Å². The molecular weight excluding hydrogens is 206 g/mol. The number of hydrogen-bond acceptors (Lipinski definition) is 3. The standard InChI is InChI=1S/C12H23NO3/c1-3-12(11(15)16)5-8-13(9-6-12)7-4-10(2)14/h10,14H,3-9H2,1-2H3,(H,15,16). The summed E-state index contributed by atoms with van der Waals surface area (Å²) in [5.41, 5.74) is -0.499. The molecular formula is C12H23NO3. The molecule has 1 unspecified atom stereocenters. The van der Waals surface area contributed by atoms with Crippen LogP contribution >= 0.6 is 0 Å². The van der Waals surface area contributed by atoms with Crippen LogP contribution in [-0.4, -0.2) is 46.8 Å². The molecule has 0 bridgehead atoms. The highest BCUT2D eigenvalue weighted by Gasteiger charge is 2.39. The number of nitrogens with zero attached hydrogens (tertiary/aromatic N) is 1. The van der Waals surface area contributed by atoms with Crippen LogP contribution in [0.4, 0.5) is 0 Å². The summed E-state index contributed by atoms with van der Waals surface area (Å²) < 4.78 is 0. The Hall–Kier alpha value is -0.610. The molecule has 0 aliphatic carbocycles. The van der Waals surface area contributed by atoms with Crippen LogP contribution in [0, 0.1) is 5.41 Å². The van der Waals surface area contributed by atoms with Gasteiger partial charge in [0.25, 0.3) is 0 Å². The highest BCUT2D eigenvalue weighted by atomic mass is 16.4. The molecule has 1 saturated heterocycles. The maximum absolute atomic E-state index is 11.2. The number of aliphatic carboxylic acids is 1. The van der Waals surface area contributed by atoms with Gasteiger partial charge >= 0.3 is 5.97 Å². The Balaban J connectivity index is 2.40. The second kappa shape index (κ2) is 5.64. The van der Waals surface area contributed by atoms with Crippen molar-refractivity contribution in [3.8, 4) is 0 Å². The monoisotopic (exact) mass is 229 g/mol. The van der Waals surface area contributed by atoms with Gasteiger partial charge in [-0.3, -0.25) is 4.79 Å². The summed E-state index contributed by atoms with van der Waals surface area (Å²) in [7, 11) is 0. The molecule has 1 aliphatic heterocycles. The van der Waals surface area contributed by atoms with Gasteiger partial charge in [-0.05, 0) is 45.7 Å². The van der Waals surface area contributed by atoms with Crippen LogP contribution in [0.25, 0.3) is 0 Å². The van der Waals surface area contributed by atoms with Crippen molar-refractivity contribution in [2.75, 3.05) is 19.6 Å². The van der Waals surface area contributed by atoms with Crippen molar-refractivity contribution < 1.29 is 15.0 Å². The molecule has 0 radical (unpaired) electrons. The second-order valence-corrected chi connectivity index (χ2v) is 4.92. The molecule has 0 aromatic rings. The lowest BCUT2D eigenvalue weighted by Gasteiger charge is -2.38. The fraction of sp³-hybridized carbons (Fsp3) is 0.917. The summed E-state index contributed by atoms with van der Waals surface area (Å²) in [5.74, 6) is -0.648. The van der Waals surface area contributed by atoms with E-state index in [-0.39, 0.29) is 6.10 Å². The third-order valence-electron chi connectivity index (χ3n) is 3.81. The van der Waals surface area contributed by atoms with Gasteiger partial charge in [-0.1, -0.05) is 6.92 Å². The Morgan fingerprint density at radius 1 is 1.44 bits per heavy atom. The van der Waals surface area contributed by atoms with Crippen LogP contribution in [0.3, 0.4) is 0 Å². The second-order valence-electron chi connectivity index (χ2n) is 4.92. The van der Waals surface area contributed by atoms with Crippen LogP contribution in [0.15, 0.2) is 0 Å². The summed E-state index contributed by atoms with van der Waals surface area (Å²) in [6.07, 6.45) is 2.69. The van der Waals surface area contributed by atoms with Crippen LogP contribution in [-0.2, 0) is 4.79 Å². The van der Waals surface area contributed by atoms with Crippen molar-refractivity contribution in [1.29, 1.82) is 0 Å². The number of rotatable bonds is 5. The summed E-state index contributed by atoms with van der Waals surface area (Å²) in [5, 5.41) is 18.4. The van der Waals surface area contributed by atoms with E-state index in [1.807, 2.05) is 6.92 Å². The lowest BCUT2D eigenvalue weighted by molar-refractivity contribution is -0.152. The van der Waals surface area contributed by atoms with Crippen LogP contribution in [0.2, 0.25) is 0 Å². The predicted octanol–water partition coefficient (Wildman–Crippen LogP) is 1.33. The Morgan fingerprint density at radius 2 is 2.00 bits per heavy atom. The van der Waals surface area contributed by atoms with Crippen molar-refractivity contribution in [3.05, 3.63) is 0 Å². The molecule has 0 aromatic carbocycles. The number of aliphatic hydroxyl groups is 1. The molecule has 1 fully saturated rings. The largest absolute Gasteiger partial charge is 0.481 e. The van der Waals surface area contributed by atoms with Crippen molar-refractivity contribution in [2.45, 2.75) is 45.6 Å². The third kappa shape index (κ3) is 3.19. The molecule has 0 saturated carbocycles. The molecule has 0 amide bonds. The summed E-state index contributed by atoms with van der Waals surface area (Å²) in [6, 6.07) is 0. The Labute approximate surface area is 97.3 Å². The van der Waals surface area contributed by atoms with Crippen LogP contribution in [0.5, 0.6) is 0 Å². The zero-order valence-electron chi connectivity index (χ0n) is 10.3. The van der Waals surface area contributed by atoms with E-state index < -0.39 is 11.4 Å². The SMILES string of the molecule is CCC1(C(=O)O)CCN(CCC(C)O)CC1. The normalized spacial score (nSPS) is 22.9. The Kier molecular flexibility index (Phi) is 4.74. The van der Waals surface area contributed by atoms with E-state index in [0.29, 0.717) is 6.42 Å². The molecule has 4 heteroatoms. The lowest BCUT2D eigenvalue weighted by Crippen LogP contribution is -2.44. The fourth-order valence-corrected chi connectivity index (χ4v) is 2.29. The fourth-order valence-electron chi connectivity index (χ4n) is 2.29. The first-order valence-electron chi connectivity index (χ1n) is 6.14. The zero-order valence-corrected chi connectivity index (χ0v) is 10.3. The maximum Gasteiger partial charge on any atom is 0.309 e. The molecule has 1 aliphatic rings. The van der Waals surface area contributed by atoms with Crippen molar-refractivity contribution in [3.63, 3.8) is 0 Å². The Morgan fingerprint density at radius 3 is 2.38 bits per heavy atom. The Bertz CT molecular complexity index is 232. The van der Waals surface area contributed by atoms with Crippen molar-refractivity contribution in [2.24, 2.45) is 5.41 Å². The van der Waals surface area contributed by atoms with E-state index in [0.717, 1.165) is 38.9 Å². The maximum atomic E-state index is 11.2. The third-order valence-corrected chi connectivity index (χ3v) is 3.81. The number of carbonyl (C=O) groups is 1. The van der Waals surface area contributed by atoms with E-state index >= 15 is 0 Å². The van der Waals surface area contributed by atoms with Gasteiger partial charge in [-0.25, -0.2) is 0 Å². The lowest BCUT2D eigenvalue weighted by atomic mass is 9.76. The molecule has 2 N–H and O–H groups in total. The summed E-state index contributed by atoms with van der Waals surface area (Å²) in [4.78, 5) is 13.5. The van der Waals surface area contributed by atoms with E-state index in [4.69, 9.17) is 0 Å². The highest BCUT2D eigenvalue weighted by Crippen LogP contribution is 2.35. The van der Waals surface area contributed by atoms with E-state index in [9.17, 15) is 15.0 Å². The smallest absolute Gasteiger partial charge is 0.309 e. The van der Waals surface area contributed by atoms with E-state index in [2.05, 4.69) is 4.90 Å². The minimum atomic E-state index is -0.648. The first kappa shape index (κ1) is 13.5. The van der Waals surface area contributed by atoms with Gasteiger partial charge in [0.05, 0.1) is 11.5 Å². The van der Waals surface area contributed by atoms with Gasteiger partial charge in [0, 0.05) is 6.54 Å². The topological polar surface area (TPSA) is 60.8 Å². The van der Waals surface area contributed by atoms with Crippen molar-refractivity contribution in [1.82, 2.24) is 4.90 Å². The quantitative estimate of drug-likeness (QED) is 0.746. The predicted molar refractivity (Wildman–Crippen MR) is 62.3 cm³/mol. The zero-order chi connectivity index (χ0) is 12.2. The molecule has 1 atom stereocenters. The number of hydrogen-bond donors (Lipinski definition) is 2. The van der Waals surface area contributed by atoms with E-state index in [1.165, 1.54) is 0 Å². The molecule has 94 valence electrons. The average Bonchev–Trinajstić information content (AvgIpc) is 2.26. The summed E-state index contributed by atoms with van der Waals surface area (Å²) in [6.45, 7) is 6.30. The minimum Gasteiger partial charge on any atom is -0.481 e. The first-order chi connectivity index (χ1) is 7.50. The number of aliphatic hydroxyl groups excluding tert-OH is 1. The minimum absolute atomic E-state index is 0.266. The summed E-state index contributed by atoms with van der Waals surface area (Å²) >= 11 is 0. The molecule has 1 rings (SSSR count). The number of carboxylic acids is 1. The van der Waals surface area contributed by atoms with E-state index in [1.54, 1.807) is 6.92 Å². The number of carboxylic acid groups (broad SMARTS) is 1. The number of piperidine rings is 1. The van der Waals surface area contributed by atoms with Gasteiger partial charge in [-0.15, -0.1) is 0 Å². The van der Waals surface area contributed by atoms with Crippen molar-refractivity contribution >= 4 is 5.97 Å². The number of likely N-dealkylation sites (tertiary alicyclic amines) is 1. The highest BCUT2D eigenvalue weighted by molar-refractivity contribution is 5.74. The van der Waals surface area contributed by atoms with Gasteiger partial charge < -0.3 is 15.1 Å². The molecule has 4 nitrogen and oxygen atoms in total.